The fourth-order valence-electron chi connectivity index (χ4n) is 4.66. The SMILES string of the molecule is CCCCn1c(=O)[nH]c(=O)c2c1nc(CN1CCN(CC(=O)Nc3c(C)cccc3C)CC1)n2C. The van der Waals surface area contributed by atoms with Crippen molar-refractivity contribution < 1.29 is 4.79 Å². The maximum absolute atomic E-state index is 12.6. The molecule has 3 aromatic rings. The molecule has 35 heavy (non-hydrogen) atoms. The first kappa shape index (κ1) is 24.9. The Hall–Kier alpha value is -3.24. The minimum atomic E-state index is -0.409. The summed E-state index contributed by atoms with van der Waals surface area (Å²) in [6, 6.07) is 5.99. The van der Waals surface area contributed by atoms with E-state index in [0.29, 0.717) is 30.8 Å². The second kappa shape index (κ2) is 10.6. The average molecular weight is 482 g/mol. The van der Waals surface area contributed by atoms with E-state index < -0.39 is 11.2 Å². The van der Waals surface area contributed by atoms with E-state index in [2.05, 4.69) is 27.0 Å². The van der Waals surface area contributed by atoms with Crippen LogP contribution in [0.3, 0.4) is 0 Å². The molecule has 2 N–H and O–H groups in total. The monoisotopic (exact) mass is 481 g/mol. The number of para-hydroxylation sites is 1. The Balaban J connectivity index is 1.39. The molecule has 0 atom stereocenters. The first-order chi connectivity index (χ1) is 16.8. The summed E-state index contributed by atoms with van der Waals surface area (Å²) in [5.41, 5.74) is 3.08. The Morgan fingerprint density at radius 2 is 1.74 bits per heavy atom. The van der Waals surface area contributed by atoms with E-state index >= 15 is 0 Å². The molecule has 1 saturated heterocycles. The molecule has 0 aliphatic carbocycles. The summed E-state index contributed by atoms with van der Waals surface area (Å²) in [7, 11) is 1.82. The highest BCUT2D eigenvalue weighted by atomic mass is 16.2. The fourth-order valence-corrected chi connectivity index (χ4v) is 4.66. The van der Waals surface area contributed by atoms with Crippen LogP contribution in [0.5, 0.6) is 0 Å². The molecule has 10 nitrogen and oxygen atoms in total. The molecule has 4 rings (SSSR count). The number of hydrogen-bond acceptors (Lipinski definition) is 6. The first-order valence-electron chi connectivity index (χ1n) is 12.3. The van der Waals surface area contributed by atoms with Crippen molar-refractivity contribution in [1.82, 2.24) is 28.9 Å². The van der Waals surface area contributed by atoms with E-state index in [1.807, 2.05) is 39.1 Å². The van der Waals surface area contributed by atoms with Crippen LogP contribution in [-0.2, 0) is 24.9 Å². The Morgan fingerprint density at radius 1 is 1.09 bits per heavy atom. The molecular formula is C25H35N7O3. The van der Waals surface area contributed by atoms with Gasteiger partial charge in [0.05, 0.1) is 13.1 Å². The van der Waals surface area contributed by atoms with Gasteiger partial charge in [-0.2, -0.15) is 0 Å². The fraction of sp³-hybridized carbons (Fsp3) is 0.520. The molecule has 0 bridgehead atoms. The zero-order chi connectivity index (χ0) is 25.1. The lowest BCUT2D eigenvalue weighted by atomic mass is 10.1. The highest BCUT2D eigenvalue weighted by molar-refractivity contribution is 5.93. The number of hydrogen-bond donors (Lipinski definition) is 2. The molecule has 1 aliphatic rings. The van der Waals surface area contributed by atoms with Gasteiger partial charge in [-0.05, 0) is 31.4 Å². The molecular weight excluding hydrogens is 446 g/mol. The van der Waals surface area contributed by atoms with Gasteiger partial charge in [-0.1, -0.05) is 31.5 Å². The number of benzene rings is 1. The Morgan fingerprint density at radius 3 is 2.40 bits per heavy atom. The number of rotatable bonds is 8. The zero-order valence-electron chi connectivity index (χ0n) is 21.1. The second-order valence-corrected chi connectivity index (χ2v) is 9.39. The lowest BCUT2D eigenvalue weighted by molar-refractivity contribution is -0.117. The lowest BCUT2D eigenvalue weighted by Crippen LogP contribution is -2.48. The highest BCUT2D eigenvalue weighted by Gasteiger charge is 2.23. The zero-order valence-corrected chi connectivity index (χ0v) is 21.1. The van der Waals surface area contributed by atoms with E-state index in [-0.39, 0.29) is 5.91 Å². The van der Waals surface area contributed by atoms with E-state index in [1.54, 1.807) is 9.13 Å². The number of piperazine rings is 1. The molecule has 0 radical (unpaired) electrons. The number of unbranched alkanes of at least 4 members (excludes halogenated alkanes) is 1. The number of H-pyrrole nitrogens is 1. The normalized spacial score (nSPS) is 15.1. The number of nitrogens with one attached hydrogen (secondary N) is 2. The van der Waals surface area contributed by atoms with Gasteiger partial charge < -0.3 is 9.88 Å². The number of amides is 1. The molecule has 1 amide bonds. The van der Waals surface area contributed by atoms with Gasteiger partial charge in [0.25, 0.3) is 5.56 Å². The minimum Gasteiger partial charge on any atom is -0.324 e. The number of aromatic amines is 1. The third kappa shape index (κ3) is 5.38. The van der Waals surface area contributed by atoms with E-state index in [1.165, 1.54) is 0 Å². The van der Waals surface area contributed by atoms with Gasteiger partial charge in [-0.25, -0.2) is 9.78 Å². The minimum absolute atomic E-state index is 0.00419. The molecule has 188 valence electrons. The summed E-state index contributed by atoms with van der Waals surface area (Å²) in [5, 5.41) is 3.06. The van der Waals surface area contributed by atoms with Crippen molar-refractivity contribution >= 4 is 22.8 Å². The smallest absolute Gasteiger partial charge is 0.324 e. The van der Waals surface area contributed by atoms with Gasteiger partial charge in [0.1, 0.15) is 5.82 Å². The van der Waals surface area contributed by atoms with Gasteiger partial charge in [0.2, 0.25) is 5.91 Å². The third-order valence-corrected chi connectivity index (χ3v) is 6.78. The highest BCUT2D eigenvalue weighted by Crippen LogP contribution is 2.19. The topological polar surface area (TPSA) is 108 Å². The van der Waals surface area contributed by atoms with Crippen LogP contribution in [0.1, 0.15) is 36.7 Å². The summed E-state index contributed by atoms with van der Waals surface area (Å²) >= 11 is 0. The van der Waals surface area contributed by atoms with E-state index in [4.69, 9.17) is 4.98 Å². The van der Waals surface area contributed by atoms with Gasteiger partial charge in [-0.3, -0.25) is 28.9 Å². The van der Waals surface area contributed by atoms with Crippen molar-refractivity contribution in [1.29, 1.82) is 0 Å². The summed E-state index contributed by atoms with van der Waals surface area (Å²) in [6.45, 7) is 10.6. The van der Waals surface area contributed by atoms with Crippen molar-refractivity contribution in [2.75, 3.05) is 38.0 Å². The van der Waals surface area contributed by atoms with Crippen LogP contribution >= 0.6 is 0 Å². The first-order valence-corrected chi connectivity index (χ1v) is 12.3. The van der Waals surface area contributed by atoms with Crippen molar-refractivity contribution in [3.63, 3.8) is 0 Å². The number of aryl methyl sites for hydroxylation is 4. The van der Waals surface area contributed by atoms with Crippen molar-refractivity contribution in [2.45, 2.75) is 46.7 Å². The number of anilines is 1. The molecule has 0 unspecified atom stereocenters. The van der Waals surface area contributed by atoms with Crippen LogP contribution in [0.2, 0.25) is 0 Å². The molecule has 10 heteroatoms. The molecule has 1 aliphatic heterocycles. The summed E-state index contributed by atoms with van der Waals surface area (Å²) in [5.74, 6) is 0.748. The molecule has 2 aromatic heterocycles. The van der Waals surface area contributed by atoms with Gasteiger partial charge >= 0.3 is 5.69 Å². The van der Waals surface area contributed by atoms with Gasteiger partial charge in [-0.15, -0.1) is 0 Å². The van der Waals surface area contributed by atoms with Crippen LogP contribution in [0.15, 0.2) is 27.8 Å². The van der Waals surface area contributed by atoms with Crippen LogP contribution < -0.4 is 16.6 Å². The van der Waals surface area contributed by atoms with Crippen molar-refractivity contribution in [3.8, 4) is 0 Å². The molecule has 1 fully saturated rings. The predicted molar refractivity (Wildman–Crippen MR) is 137 cm³/mol. The lowest BCUT2D eigenvalue weighted by Gasteiger charge is -2.34. The van der Waals surface area contributed by atoms with Crippen molar-refractivity contribution in [2.24, 2.45) is 7.05 Å². The Bertz CT molecular complexity index is 1310. The number of fused-ring (bicyclic) bond motifs is 1. The third-order valence-electron chi connectivity index (χ3n) is 6.78. The van der Waals surface area contributed by atoms with Crippen LogP contribution in [0, 0.1) is 13.8 Å². The van der Waals surface area contributed by atoms with Crippen LogP contribution in [-0.4, -0.2) is 67.5 Å². The second-order valence-electron chi connectivity index (χ2n) is 9.39. The predicted octanol–water partition coefficient (Wildman–Crippen LogP) is 1.60. The number of imidazole rings is 1. The maximum atomic E-state index is 12.6. The molecule has 1 aromatic carbocycles. The Labute approximate surface area is 204 Å². The number of carbonyl (C=O) groups is 1. The largest absolute Gasteiger partial charge is 0.330 e. The van der Waals surface area contributed by atoms with E-state index in [0.717, 1.165) is 61.7 Å². The molecule has 0 spiro atoms. The summed E-state index contributed by atoms with van der Waals surface area (Å²) < 4.78 is 3.36. The van der Waals surface area contributed by atoms with Crippen LogP contribution in [0.4, 0.5) is 5.69 Å². The number of carbonyl (C=O) groups excluding carboxylic acids is 1. The van der Waals surface area contributed by atoms with Crippen molar-refractivity contribution in [3.05, 3.63) is 56.0 Å². The average Bonchev–Trinajstić information content (AvgIpc) is 3.13. The maximum Gasteiger partial charge on any atom is 0.330 e. The molecule has 0 saturated carbocycles. The van der Waals surface area contributed by atoms with Crippen LogP contribution in [0.25, 0.3) is 11.2 Å². The van der Waals surface area contributed by atoms with E-state index in [9.17, 15) is 14.4 Å². The summed E-state index contributed by atoms with van der Waals surface area (Å²) in [4.78, 5) is 49.0. The number of nitrogens with zero attached hydrogens (tertiary/aromatic N) is 5. The van der Waals surface area contributed by atoms with Gasteiger partial charge in [0.15, 0.2) is 11.2 Å². The summed E-state index contributed by atoms with van der Waals surface area (Å²) in [6.07, 6.45) is 1.78. The molecule has 3 heterocycles. The van der Waals surface area contributed by atoms with Gasteiger partial charge in [0, 0.05) is 45.5 Å². The number of aromatic nitrogens is 4. The quantitative estimate of drug-likeness (QED) is 0.506. The Kier molecular flexibility index (Phi) is 7.51. The standard InChI is InChI=1S/C25H35N7O3/c1-5-6-10-32-23-22(24(34)28-25(32)35)29(4)19(26-23)15-30-11-13-31(14-12-30)16-20(33)27-21-17(2)8-7-9-18(21)3/h7-9H,5-6,10-16H2,1-4H3,(H,27,33)(H,28,34,35).